The van der Waals surface area contributed by atoms with E-state index in [0.29, 0.717) is 19.7 Å². The summed E-state index contributed by atoms with van der Waals surface area (Å²) in [6, 6.07) is 8.09. The molecule has 1 unspecified atom stereocenters. The predicted octanol–water partition coefficient (Wildman–Crippen LogP) is 2.50. The molecule has 1 aromatic carbocycles. The molecule has 0 spiro atoms. The maximum atomic E-state index is 12.2. The molecule has 20 heavy (non-hydrogen) atoms. The Morgan fingerprint density at radius 3 is 2.65 bits per heavy atom. The first-order valence-corrected chi connectivity index (χ1v) is 8.80. The lowest BCUT2D eigenvalue weighted by molar-refractivity contribution is -0.00255. The Balaban J connectivity index is 2.06. The van der Waals surface area contributed by atoms with Crippen molar-refractivity contribution in [2.75, 3.05) is 25.4 Å². The summed E-state index contributed by atoms with van der Waals surface area (Å²) < 4.78 is 31.8. The van der Waals surface area contributed by atoms with Crippen LogP contribution in [0.5, 0.6) is 0 Å². The Labute approximate surface area is 121 Å². The third-order valence-electron chi connectivity index (χ3n) is 3.63. The number of benzene rings is 1. The van der Waals surface area contributed by atoms with Crippen LogP contribution in [0.4, 0.5) is 0 Å². The molecule has 2 rings (SSSR count). The van der Waals surface area contributed by atoms with E-state index in [1.807, 2.05) is 38.1 Å². The highest BCUT2D eigenvalue weighted by molar-refractivity contribution is 7.89. The Morgan fingerprint density at radius 2 is 2.00 bits per heavy atom. The number of morpholine rings is 1. The molecule has 4 nitrogen and oxygen atoms in total. The molecule has 112 valence electrons. The van der Waals surface area contributed by atoms with E-state index in [0.717, 1.165) is 18.4 Å². The van der Waals surface area contributed by atoms with E-state index in [1.54, 1.807) is 4.31 Å². The van der Waals surface area contributed by atoms with Crippen LogP contribution in [0.1, 0.15) is 37.0 Å². The van der Waals surface area contributed by atoms with Gasteiger partial charge in [0.15, 0.2) is 0 Å². The first-order valence-electron chi connectivity index (χ1n) is 7.19. The van der Waals surface area contributed by atoms with Gasteiger partial charge in [0.25, 0.3) is 0 Å². The Morgan fingerprint density at radius 1 is 1.30 bits per heavy atom. The summed E-state index contributed by atoms with van der Waals surface area (Å²) in [4.78, 5) is 0. The number of aryl methyl sites for hydroxylation is 1. The summed E-state index contributed by atoms with van der Waals surface area (Å²) in [5.41, 5.74) is 2.24. The molecule has 0 amide bonds. The molecular formula is C15H23NO3S. The molecule has 1 fully saturated rings. The minimum atomic E-state index is -3.14. The highest BCUT2D eigenvalue weighted by Gasteiger charge is 2.29. The van der Waals surface area contributed by atoms with Gasteiger partial charge in [0.1, 0.15) is 0 Å². The van der Waals surface area contributed by atoms with Crippen molar-refractivity contribution in [1.29, 1.82) is 0 Å². The molecule has 1 aliphatic heterocycles. The molecule has 0 aliphatic carbocycles. The van der Waals surface area contributed by atoms with E-state index in [4.69, 9.17) is 4.74 Å². The van der Waals surface area contributed by atoms with E-state index in [1.165, 1.54) is 5.56 Å². The minimum Gasteiger partial charge on any atom is -0.371 e. The molecule has 1 heterocycles. The highest BCUT2D eigenvalue weighted by atomic mass is 32.2. The molecule has 0 radical (unpaired) electrons. The van der Waals surface area contributed by atoms with Crippen LogP contribution in [0.25, 0.3) is 0 Å². The Kier molecular flexibility index (Phi) is 5.18. The molecule has 1 aliphatic rings. The van der Waals surface area contributed by atoms with Gasteiger partial charge >= 0.3 is 0 Å². The molecule has 0 bridgehead atoms. The fourth-order valence-electron chi connectivity index (χ4n) is 2.32. The number of hydrogen-bond acceptors (Lipinski definition) is 3. The van der Waals surface area contributed by atoms with Crippen molar-refractivity contribution in [1.82, 2.24) is 4.31 Å². The summed E-state index contributed by atoms with van der Waals surface area (Å²) in [6.45, 7) is 5.39. The normalized spacial score (nSPS) is 21.0. The second-order valence-corrected chi connectivity index (χ2v) is 7.39. The average molecular weight is 297 g/mol. The largest absolute Gasteiger partial charge is 0.371 e. The van der Waals surface area contributed by atoms with Crippen LogP contribution in [0.2, 0.25) is 0 Å². The molecule has 0 aromatic heterocycles. The molecular weight excluding hydrogens is 274 g/mol. The lowest BCUT2D eigenvalue weighted by atomic mass is 10.1. The fraction of sp³-hybridized carbons (Fsp3) is 0.600. The highest BCUT2D eigenvalue weighted by Crippen LogP contribution is 2.24. The Bertz CT molecular complexity index is 525. The number of ether oxygens (including phenoxy) is 1. The summed E-state index contributed by atoms with van der Waals surface area (Å²) in [5, 5.41) is 0. The van der Waals surface area contributed by atoms with Crippen molar-refractivity contribution in [2.45, 2.75) is 32.8 Å². The third-order valence-corrected chi connectivity index (χ3v) is 5.55. The second kappa shape index (κ2) is 6.70. The van der Waals surface area contributed by atoms with Crippen LogP contribution >= 0.6 is 0 Å². The van der Waals surface area contributed by atoms with E-state index in [-0.39, 0.29) is 11.9 Å². The van der Waals surface area contributed by atoms with Crippen molar-refractivity contribution in [2.24, 2.45) is 0 Å². The van der Waals surface area contributed by atoms with Crippen molar-refractivity contribution < 1.29 is 13.2 Å². The van der Waals surface area contributed by atoms with Gasteiger partial charge in [0.2, 0.25) is 10.0 Å². The van der Waals surface area contributed by atoms with Crippen LogP contribution in [-0.4, -0.2) is 38.2 Å². The van der Waals surface area contributed by atoms with Gasteiger partial charge in [-0.15, -0.1) is 0 Å². The van der Waals surface area contributed by atoms with Crippen LogP contribution in [0, 0.1) is 6.92 Å². The standard InChI is InChI=1S/C15H23NO3S/c1-3-4-11-20(17,18)16-9-10-19-15(12-16)14-7-5-13(2)6-8-14/h5-8,15H,3-4,9-12H2,1-2H3. The molecule has 1 saturated heterocycles. The van der Waals surface area contributed by atoms with E-state index < -0.39 is 10.0 Å². The summed E-state index contributed by atoms with van der Waals surface area (Å²) in [7, 11) is -3.14. The van der Waals surface area contributed by atoms with Crippen molar-refractivity contribution in [3.05, 3.63) is 35.4 Å². The summed E-state index contributed by atoms with van der Waals surface area (Å²) in [6.07, 6.45) is 1.46. The van der Waals surface area contributed by atoms with Gasteiger partial charge in [-0.3, -0.25) is 0 Å². The van der Waals surface area contributed by atoms with Gasteiger partial charge in [-0.1, -0.05) is 43.2 Å². The van der Waals surface area contributed by atoms with Crippen LogP contribution in [-0.2, 0) is 14.8 Å². The number of unbranched alkanes of at least 4 members (excludes halogenated alkanes) is 1. The quantitative estimate of drug-likeness (QED) is 0.839. The van der Waals surface area contributed by atoms with Gasteiger partial charge in [-0.2, -0.15) is 4.31 Å². The van der Waals surface area contributed by atoms with Gasteiger partial charge in [-0.25, -0.2) is 8.42 Å². The predicted molar refractivity (Wildman–Crippen MR) is 80.1 cm³/mol. The van der Waals surface area contributed by atoms with Gasteiger partial charge < -0.3 is 4.74 Å². The zero-order valence-electron chi connectivity index (χ0n) is 12.2. The number of rotatable bonds is 5. The summed E-state index contributed by atoms with van der Waals surface area (Å²) in [5.74, 6) is 0.240. The van der Waals surface area contributed by atoms with Gasteiger partial charge in [0, 0.05) is 13.1 Å². The molecule has 5 heteroatoms. The van der Waals surface area contributed by atoms with Gasteiger partial charge in [-0.05, 0) is 18.9 Å². The number of nitrogens with zero attached hydrogens (tertiary/aromatic N) is 1. The van der Waals surface area contributed by atoms with E-state index in [2.05, 4.69) is 0 Å². The molecule has 0 saturated carbocycles. The summed E-state index contributed by atoms with van der Waals surface area (Å²) >= 11 is 0. The zero-order valence-corrected chi connectivity index (χ0v) is 13.0. The van der Waals surface area contributed by atoms with Crippen LogP contribution < -0.4 is 0 Å². The molecule has 0 N–H and O–H groups in total. The van der Waals surface area contributed by atoms with Crippen molar-refractivity contribution in [3.63, 3.8) is 0 Å². The zero-order chi connectivity index (χ0) is 14.6. The number of hydrogen-bond donors (Lipinski definition) is 0. The second-order valence-electron chi connectivity index (χ2n) is 5.30. The smallest absolute Gasteiger partial charge is 0.214 e. The lowest BCUT2D eigenvalue weighted by Gasteiger charge is -2.32. The first kappa shape index (κ1) is 15.5. The lowest BCUT2D eigenvalue weighted by Crippen LogP contribution is -2.43. The first-order chi connectivity index (χ1) is 9.53. The van der Waals surface area contributed by atoms with E-state index in [9.17, 15) is 8.42 Å². The SMILES string of the molecule is CCCCS(=O)(=O)N1CCOC(c2ccc(C)cc2)C1. The topological polar surface area (TPSA) is 46.6 Å². The fourth-order valence-corrected chi connectivity index (χ4v) is 3.94. The molecule has 1 atom stereocenters. The van der Waals surface area contributed by atoms with Crippen molar-refractivity contribution >= 4 is 10.0 Å². The Hall–Kier alpha value is -0.910. The monoisotopic (exact) mass is 297 g/mol. The van der Waals surface area contributed by atoms with Crippen LogP contribution in [0.15, 0.2) is 24.3 Å². The maximum absolute atomic E-state index is 12.2. The third kappa shape index (κ3) is 3.81. The van der Waals surface area contributed by atoms with E-state index >= 15 is 0 Å². The maximum Gasteiger partial charge on any atom is 0.214 e. The van der Waals surface area contributed by atoms with Crippen molar-refractivity contribution in [3.8, 4) is 0 Å². The average Bonchev–Trinajstić information content (AvgIpc) is 2.46. The number of sulfonamides is 1. The van der Waals surface area contributed by atoms with Crippen LogP contribution in [0.3, 0.4) is 0 Å². The van der Waals surface area contributed by atoms with Gasteiger partial charge in [0.05, 0.1) is 18.5 Å². The molecule has 1 aromatic rings. The minimum absolute atomic E-state index is 0.152.